The number of carboxylic acids is 1. The molecule has 2 aromatic rings. The SMILES string of the molecule is O=C(O)c1cccn(C[C@H]2CNCCO[C@@H]2c2ccc(Cl)c(F)c2)c1=O. The summed E-state index contributed by atoms with van der Waals surface area (Å²) in [5.74, 6) is -2.00. The number of nitrogens with zero attached hydrogens (tertiary/aromatic N) is 1. The van der Waals surface area contributed by atoms with Gasteiger partial charge in [-0.05, 0) is 29.8 Å². The number of carbonyl (C=O) groups is 1. The third kappa shape index (κ3) is 3.95. The number of aromatic nitrogens is 1. The van der Waals surface area contributed by atoms with Gasteiger partial charge in [-0.2, -0.15) is 0 Å². The molecule has 26 heavy (non-hydrogen) atoms. The molecule has 1 fully saturated rings. The van der Waals surface area contributed by atoms with Crippen LogP contribution in [0.5, 0.6) is 0 Å². The van der Waals surface area contributed by atoms with Crippen molar-refractivity contribution in [3.05, 3.63) is 68.8 Å². The van der Waals surface area contributed by atoms with Crippen molar-refractivity contribution in [3.63, 3.8) is 0 Å². The smallest absolute Gasteiger partial charge is 0.341 e. The number of benzene rings is 1. The summed E-state index contributed by atoms with van der Waals surface area (Å²) in [6.45, 7) is 1.85. The van der Waals surface area contributed by atoms with Crippen LogP contribution in [0.3, 0.4) is 0 Å². The number of aromatic carboxylic acids is 1. The molecule has 0 aliphatic carbocycles. The highest BCUT2D eigenvalue weighted by Crippen LogP contribution is 2.30. The van der Waals surface area contributed by atoms with Crippen LogP contribution in [0.1, 0.15) is 22.0 Å². The number of ether oxygens (including phenoxy) is 1. The first kappa shape index (κ1) is 18.6. The molecular weight excluding hydrogens is 363 g/mol. The van der Waals surface area contributed by atoms with E-state index in [0.717, 1.165) is 0 Å². The lowest BCUT2D eigenvalue weighted by Gasteiger charge is -2.26. The number of hydrogen-bond acceptors (Lipinski definition) is 4. The molecule has 2 atom stereocenters. The third-order valence-corrected chi connectivity index (χ3v) is 4.67. The fraction of sp³-hybridized carbons (Fsp3) is 0.333. The van der Waals surface area contributed by atoms with Gasteiger partial charge in [0.1, 0.15) is 11.4 Å². The predicted molar refractivity (Wildman–Crippen MR) is 94.1 cm³/mol. The van der Waals surface area contributed by atoms with E-state index < -0.39 is 23.4 Å². The predicted octanol–water partition coefficient (Wildman–Crippen LogP) is 2.32. The Bertz CT molecular complexity index is 871. The first-order chi connectivity index (χ1) is 12.5. The summed E-state index contributed by atoms with van der Waals surface area (Å²) in [7, 11) is 0. The van der Waals surface area contributed by atoms with Crippen molar-refractivity contribution in [2.45, 2.75) is 12.6 Å². The molecule has 3 rings (SSSR count). The van der Waals surface area contributed by atoms with Gasteiger partial charge in [0, 0.05) is 31.7 Å². The van der Waals surface area contributed by atoms with E-state index in [1.54, 1.807) is 12.3 Å². The third-order valence-electron chi connectivity index (χ3n) is 4.36. The van der Waals surface area contributed by atoms with Gasteiger partial charge >= 0.3 is 5.97 Å². The van der Waals surface area contributed by atoms with E-state index in [1.165, 1.54) is 28.8 Å². The normalized spacial score (nSPS) is 20.5. The molecule has 1 aliphatic heterocycles. The van der Waals surface area contributed by atoms with Crippen molar-refractivity contribution in [1.29, 1.82) is 0 Å². The van der Waals surface area contributed by atoms with Crippen LogP contribution in [0, 0.1) is 11.7 Å². The van der Waals surface area contributed by atoms with Crippen molar-refractivity contribution in [3.8, 4) is 0 Å². The molecule has 1 aromatic carbocycles. The van der Waals surface area contributed by atoms with Gasteiger partial charge in [0.05, 0.1) is 17.7 Å². The zero-order valence-electron chi connectivity index (χ0n) is 13.8. The topological polar surface area (TPSA) is 80.6 Å². The van der Waals surface area contributed by atoms with Gasteiger partial charge in [-0.3, -0.25) is 4.79 Å². The van der Waals surface area contributed by atoms with Crippen molar-refractivity contribution < 1.29 is 19.0 Å². The van der Waals surface area contributed by atoms with Gasteiger partial charge in [-0.25, -0.2) is 9.18 Å². The number of nitrogens with one attached hydrogen (secondary N) is 1. The van der Waals surface area contributed by atoms with Gasteiger partial charge in [-0.1, -0.05) is 17.7 Å². The number of hydrogen-bond donors (Lipinski definition) is 2. The van der Waals surface area contributed by atoms with Crippen LogP contribution < -0.4 is 10.9 Å². The quantitative estimate of drug-likeness (QED) is 0.850. The minimum absolute atomic E-state index is 0.0300. The molecule has 0 amide bonds. The summed E-state index contributed by atoms with van der Waals surface area (Å²) >= 11 is 5.76. The zero-order valence-corrected chi connectivity index (χ0v) is 14.6. The van der Waals surface area contributed by atoms with Crippen LogP contribution in [0.25, 0.3) is 0 Å². The van der Waals surface area contributed by atoms with Crippen LogP contribution in [-0.2, 0) is 11.3 Å². The molecule has 0 unspecified atom stereocenters. The lowest BCUT2D eigenvalue weighted by Crippen LogP contribution is -2.33. The van der Waals surface area contributed by atoms with E-state index in [9.17, 15) is 14.0 Å². The van der Waals surface area contributed by atoms with Crippen LogP contribution in [0.15, 0.2) is 41.3 Å². The summed E-state index contributed by atoms with van der Waals surface area (Å²) in [4.78, 5) is 23.5. The van der Waals surface area contributed by atoms with Crippen molar-refractivity contribution in [1.82, 2.24) is 9.88 Å². The molecule has 8 heteroatoms. The summed E-state index contributed by atoms with van der Waals surface area (Å²) in [6, 6.07) is 7.30. The summed E-state index contributed by atoms with van der Waals surface area (Å²) in [6.07, 6.45) is 1.09. The Kier molecular flexibility index (Phi) is 5.70. The van der Waals surface area contributed by atoms with Gasteiger partial charge in [0.25, 0.3) is 5.56 Å². The minimum atomic E-state index is -1.27. The molecule has 0 spiro atoms. The van der Waals surface area contributed by atoms with Crippen molar-refractivity contribution >= 4 is 17.6 Å². The highest BCUT2D eigenvalue weighted by atomic mass is 35.5. The first-order valence-electron chi connectivity index (χ1n) is 8.17. The maximum absolute atomic E-state index is 13.9. The molecule has 2 N–H and O–H groups in total. The average Bonchev–Trinajstić information content (AvgIpc) is 2.84. The second-order valence-electron chi connectivity index (χ2n) is 6.11. The van der Waals surface area contributed by atoms with Gasteiger partial charge < -0.3 is 19.7 Å². The lowest BCUT2D eigenvalue weighted by molar-refractivity contribution is 0.0248. The Hall–Kier alpha value is -2.22. The second kappa shape index (κ2) is 7.99. The number of rotatable bonds is 4. The molecule has 1 aromatic heterocycles. The average molecular weight is 381 g/mol. The number of pyridine rings is 1. The largest absolute Gasteiger partial charge is 0.477 e. The van der Waals surface area contributed by atoms with Crippen LogP contribution in [0.4, 0.5) is 4.39 Å². The maximum atomic E-state index is 13.9. The van der Waals surface area contributed by atoms with Crippen molar-refractivity contribution in [2.75, 3.05) is 19.7 Å². The maximum Gasteiger partial charge on any atom is 0.341 e. The van der Waals surface area contributed by atoms with Crippen LogP contribution in [0.2, 0.25) is 5.02 Å². The molecular formula is C18H18ClFN2O4. The fourth-order valence-corrected chi connectivity index (χ4v) is 3.22. The standard InChI is InChI=1S/C18H18ClFN2O4/c19-14-4-3-11(8-15(14)20)16-12(9-21-5-7-26-16)10-22-6-1-2-13(17(22)23)18(24)25/h1-4,6,8,12,16,21H,5,7,9-10H2,(H,24,25)/t12-,16-/m1/s1. The Balaban J connectivity index is 1.93. The van der Waals surface area contributed by atoms with E-state index in [4.69, 9.17) is 21.4 Å². The van der Waals surface area contributed by atoms with E-state index in [0.29, 0.717) is 25.3 Å². The Morgan fingerprint density at radius 1 is 1.42 bits per heavy atom. The Morgan fingerprint density at radius 3 is 2.96 bits per heavy atom. The summed E-state index contributed by atoms with van der Waals surface area (Å²) in [5, 5.41) is 12.4. The lowest BCUT2D eigenvalue weighted by atomic mass is 9.95. The Morgan fingerprint density at radius 2 is 2.23 bits per heavy atom. The van der Waals surface area contributed by atoms with Gasteiger partial charge in [-0.15, -0.1) is 0 Å². The number of halogens is 2. The van der Waals surface area contributed by atoms with E-state index in [1.807, 2.05) is 0 Å². The van der Waals surface area contributed by atoms with E-state index in [2.05, 4.69) is 5.32 Å². The minimum Gasteiger partial charge on any atom is -0.477 e. The van der Waals surface area contributed by atoms with Crippen LogP contribution >= 0.6 is 11.6 Å². The van der Waals surface area contributed by atoms with Gasteiger partial charge in [0.2, 0.25) is 0 Å². The van der Waals surface area contributed by atoms with Crippen molar-refractivity contribution in [2.24, 2.45) is 5.92 Å². The summed E-state index contributed by atoms with van der Waals surface area (Å²) in [5.41, 5.74) is -0.239. The molecule has 6 nitrogen and oxygen atoms in total. The number of carboxylic acid groups (broad SMARTS) is 1. The van der Waals surface area contributed by atoms with E-state index in [-0.39, 0.29) is 23.0 Å². The van der Waals surface area contributed by atoms with E-state index >= 15 is 0 Å². The second-order valence-corrected chi connectivity index (χ2v) is 6.52. The molecule has 2 heterocycles. The molecule has 1 saturated heterocycles. The Labute approximate surface area is 154 Å². The monoisotopic (exact) mass is 380 g/mol. The molecule has 138 valence electrons. The molecule has 0 bridgehead atoms. The molecule has 0 saturated carbocycles. The van der Waals surface area contributed by atoms with Gasteiger partial charge in [0.15, 0.2) is 0 Å². The fourth-order valence-electron chi connectivity index (χ4n) is 3.10. The highest BCUT2D eigenvalue weighted by molar-refractivity contribution is 6.30. The zero-order chi connectivity index (χ0) is 18.7. The summed E-state index contributed by atoms with van der Waals surface area (Å²) < 4.78 is 21.1. The van der Waals surface area contributed by atoms with Crippen LogP contribution in [-0.4, -0.2) is 35.3 Å². The molecule has 0 radical (unpaired) electrons. The first-order valence-corrected chi connectivity index (χ1v) is 8.55. The highest BCUT2D eigenvalue weighted by Gasteiger charge is 2.28. The molecule has 1 aliphatic rings.